The van der Waals surface area contributed by atoms with E-state index in [1.54, 1.807) is 6.92 Å². The third-order valence-corrected chi connectivity index (χ3v) is 3.04. The lowest BCUT2D eigenvalue weighted by molar-refractivity contribution is -0.144. The van der Waals surface area contributed by atoms with Crippen molar-refractivity contribution in [3.63, 3.8) is 0 Å². The van der Waals surface area contributed by atoms with Crippen LogP contribution in [0.15, 0.2) is 0 Å². The first-order valence-corrected chi connectivity index (χ1v) is 7.22. The summed E-state index contributed by atoms with van der Waals surface area (Å²) in [4.78, 5) is 34.8. The molecule has 0 rings (SSSR count). The van der Waals surface area contributed by atoms with Crippen molar-refractivity contribution in [3.05, 3.63) is 0 Å². The van der Waals surface area contributed by atoms with Crippen molar-refractivity contribution in [1.82, 2.24) is 16.0 Å². The molecule has 0 aliphatic heterocycles. The number of amides is 3. The Morgan fingerprint density at radius 1 is 1.19 bits per heavy atom. The molecule has 7 heteroatoms. The van der Waals surface area contributed by atoms with Crippen LogP contribution in [0.5, 0.6) is 0 Å². The normalized spacial score (nSPS) is 15.0. The van der Waals surface area contributed by atoms with Crippen LogP contribution >= 0.6 is 0 Å². The monoisotopic (exact) mass is 301 g/mol. The van der Waals surface area contributed by atoms with E-state index in [1.165, 1.54) is 6.92 Å². The second-order valence-corrected chi connectivity index (χ2v) is 5.85. The molecule has 0 aromatic heterocycles. The molecule has 0 saturated carbocycles. The Hall–Kier alpha value is -1.79. The van der Waals surface area contributed by atoms with Gasteiger partial charge in [0.1, 0.15) is 11.6 Å². The number of hydrogen-bond donors (Lipinski definition) is 4. The summed E-state index contributed by atoms with van der Waals surface area (Å²) in [7, 11) is 0. The minimum absolute atomic E-state index is 0.300. The van der Waals surface area contributed by atoms with Gasteiger partial charge in [0.25, 0.3) is 0 Å². The summed E-state index contributed by atoms with van der Waals surface area (Å²) in [6, 6.07) is -1.40. The number of rotatable bonds is 8. The van der Waals surface area contributed by atoms with Crippen LogP contribution in [0, 0.1) is 5.92 Å². The molecule has 3 amide bonds. The first-order valence-electron chi connectivity index (χ1n) is 7.22. The molecule has 7 nitrogen and oxygen atoms in total. The van der Waals surface area contributed by atoms with Crippen LogP contribution in [-0.4, -0.2) is 41.1 Å². The Bertz CT molecular complexity index is 384. The summed E-state index contributed by atoms with van der Waals surface area (Å²) in [5, 5.41) is 16.7. The molecule has 2 atom stereocenters. The van der Waals surface area contributed by atoms with Crippen molar-refractivity contribution in [2.75, 3.05) is 6.54 Å². The van der Waals surface area contributed by atoms with Crippen LogP contribution < -0.4 is 16.0 Å². The van der Waals surface area contributed by atoms with Gasteiger partial charge in [0.2, 0.25) is 5.91 Å². The average molecular weight is 301 g/mol. The van der Waals surface area contributed by atoms with E-state index in [9.17, 15) is 19.5 Å². The summed E-state index contributed by atoms with van der Waals surface area (Å²) in [6.45, 7) is 9.29. The molecule has 2 unspecified atom stereocenters. The summed E-state index contributed by atoms with van der Waals surface area (Å²) >= 11 is 0. The fourth-order valence-electron chi connectivity index (χ4n) is 1.73. The molecular formula is C14H27N3O4. The highest BCUT2D eigenvalue weighted by molar-refractivity contribution is 5.89. The van der Waals surface area contributed by atoms with Crippen molar-refractivity contribution >= 4 is 17.9 Å². The van der Waals surface area contributed by atoms with E-state index in [0.29, 0.717) is 25.3 Å². The highest BCUT2D eigenvalue weighted by Crippen LogP contribution is 2.12. The standard InChI is InChI=1S/C14H27N3O4/c1-6-7-14(5,12(19)20)17-13(21)16-10(4)11(18)15-8-9(2)3/h9-10H,6-8H2,1-5H3,(H,15,18)(H,19,20)(H2,16,17,21). The van der Waals surface area contributed by atoms with Gasteiger partial charge in [-0.05, 0) is 26.2 Å². The van der Waals surface area contributed by atoms with Gasteiger partial charge in [0, 0.05) is 6.54 Å². The summed E-state index contributed by atoms with van der Waals surface area (Å²) in [6.07, 6.45) is 0.928. The number of carbonyl (C=O) groups excluding carboxylic acids is 2. The van der Waals surface area contributed by atoms with Crippen molar-refractivity contribution in [1.29, 1.82) is 0 Å². The Balaban J connectivity index is 4.47. The van der Waals surface area contributed by atoms with Gasteiger partial charge in [0.05, 0.1) is 0 Å². The number of carboxylic acid groups (broad SMARTS) is 1. The van der Waals surface area contributed by atoms with Crippen LogP contribution in [-0.2, 0) is 9.59 Å². The van der Waals surface area contributed by atoms with Gasteiger partial charge in [0.15, 0.2) is 0 Å². The van der Waals surface area contributed by atoms with Crippen LogP contribution in [0.25, 0.3) is 0 Å². The lowest BCUT2D eigenvalue weighted by Crippen LogP contribution is -2.58. The number of carbonyl (C=O) groups is 3. The third kappa shape index (κ3) is 6.97. The maximum absolute atomic E-state index is 11.8. The maximum atomic E-state index is 11.8. The predicted octanol–water partition coefficient (Wildman–Crippen LogP) is 1.09. The summed E-state index contributed by atoms with van der Waals surface area (Å²) < 4.78 is 0. The maximum Gasteiger partial charge on any atom is 0.329 e. The Labute approximate surface area is 125 Å². The molecular weight excluding hydrogens is 274 g/mol. The van der Waals surface area contributed by atoms with Crippen molar-refractivity contribution in [2.24, 2.45) is 5.92 Å². The van der Waals surface area contributed by atoms with Crippen LogP contribution in [0.4, 0.5) is 4.79 Å². The molecule has 0 aromatic carbocycles. The lowest BCUT2D eigenvalue weighted by Gasteiger charge is -2.26. The number of carboxylic acids is 1. The Morgan fingerprint density at radius 3 is 2.19 bits per heavy atom. The number of hydrogen-bond acceptors (Lipinski definition) is 3. The van der Waals surface area contributed by atoms with E-state index in [-0.39, 0.29) is 5.91 Å². The van der Waals surface area contributed by atoms with E-state index >= 15 is 0 Å². The van der Waals surface area contributed by atoms with E-state index in [1.807, 2.05) is 20.8 Å². The number of nitrogens with one attached hydrogen (secondary N) is 3. The minimum Gasteiger partial charge on any atom is -0.480 e. The highest BCUT2D eigenvalue weighted by atomic mass is 16.4. The second-order valence-electron chi connectivity index (χ2n) is 5.85. The largest absolute Gasteiger partial charge is 0.480 e. The van der Waals surface area contributed by atoms with Crippen molar-refractivity contribution in [3.8, 4) is 0 Å². The van der Waals surface area contributed by atoms with Crippen molar-refractivity contribution in [2.45, 2.75) is 59.0 Å². The minimum atomic E-state index is -1.34. The Morgan fingerprint density at radius 2 is 1.76 bits per heavy atom. The number of aliphatic carboxylic acids is 1. The zero-order chi connectivity index (χ0) is 16.6. The van der Waals surface area contributed by atoms with Gasteiger partial charge < -0.3 is 21.1 Å². The molecule has 21 heavy (non-hydrogen) atoms. The fourth-order valence-corrected chi connectivity index (χ4v) is 1.73. The van der Waals surface area contributed by atoms with Gasteiger partial charge >= 0.3 is 12.0 Å². The molecule has 0 radical (unpaired) electrons. The van der Waals surface area contributed by atoms with Gasteiger partial charge in [-0.25, -0.2) is 9.59 Å². The van der Waals surface area contributed by atoms with Crippen LogP contribution in [0.3, 0.4) is 0 Å². The molecule has 0 aliphatic carbocycles. The zero-order valence-corrected chi connectivity index (χ0v) is 13.4. The van der Waals surface area contributed by atoms with Crippen LogP contribution in [0.1, 0.15) is 47.5 Å². The average Bonchev–Trinajstić information content (AvgIpc) is 2.35. The molecule has 0 heterocycles. The fraction of sp³-hybridized carbons (Fsp3) is 0.786. The lowest BCUT2D eigenvalue weighted by atomic mass is 9.96. The predicted molar refractivity (Wildman–Crippen MR) is 79.9 cm³/mol. The van der Waals surface area contributed by atoms with Crippen molar-refractivity contribution < 1.29 is 19.5 Å². The molecule has 4 N–H and O–H groups in total. The van der Waals surface area contributed by atoms with Gasteiger partial charge in [-0.15, -0.1) is 0 Å². The molecule has 0 bridgehead atoms. The topological polar surface area (TPSA) is 108 Å². The van der Waals surface area contributed by atoms with Gasteiger partial charge in [-0.3, -0.25) is 4.79 Å². The number of urea groups is 1. The molecule has 122 valence electrons. The molecule has 0 aromatic rings. The summed E-state index contributed by atoms with van der Waals surface area (Å²) in [5.74, 6) is -1.09. The first kappa shape index (κ1) is 19.2. The highest BCUT2D eigenvalue weighted by Gasteiger charge is 2.34. The van der Waals surface area contributed by atoms with E-state index < -0.39 is 23.6 Å². The van der Waals surface area contributed by atoms with E-state index in [0.717, 1.165) is 0 Å². The Kier molecular flexibility index (Phi) is 7.76. The van der Waals surface area contributed by atoms with Gasteiger partial charge in [-0.2, -0.15) is 0 Å². The molecule has 0 saturated heterocycles. The smallest absolute Gasteiger partial charge is 0.329 e. The zero-order valence-electron chi connectivity index (χ0n) is 13.4. The van der Waals surface area contributed by atoms with Gasteiger partial charge in [-0.1, -0.05) is 27.2 Å². The summed E-state index contributed by atoms with van der Waals surface area (Å²) in [5.41, 5.74) is -1.34. The quantitative estimate of drug-likeness (QED) is 0.538. The molecule has 0 aliphatic rings. The molecule has 0 spiro atoms. The van der Waals surface area contributed by atoms with E-state index in [2.05, 4.69) is 16.0 Å². The second kappa shape index (κ2) is 8.49. The first-order chi connectivity index (χ1) is 9.62. The van der Waals surface area contributed by atoms with E-state index in [4.69, 9.17) is 0 Å². The molecule has 0 fully saturated rings. The van der Waals surface area contributed by atoms with Crippen LogP contribution in [0.2, 0.25) is 0 Å². The third-order valence-electron chi connectivity index (χ3n) is 3.04. The SMILES string of the molecule is CCCC(C)(NC(=O)NC(C)C(=O)NCC(C)C)C(=O)O.